The minimum absolute atomic E-state index is 0.543. The van der Waals surface area contributed by atoms with Gasteiger partial charge in [-0.2, -0.15) is 0 Å². The Balaban J connectivity index is 3.78. The van der Waals surface area contributed by atoms with Gasteiger partial charge in [0.2, 0.25) is 0 Å². The molecule has 0 aromatic heterocycles. The van der Waals surface area contributed by atoms with Crippen LogP contribution >= 0.6 is 23.2 Å². The summed E-state index contributed by atoms with van der Waals surface area (Å²) in [6.45, 7) is 0. The first kappa shape index (κ1) is 10.5. The van der Waals surface area contributed by atoms with Crippen molar-refractivity contribution in [2.75, 3.05) is 0 Å². The molecule has 11 heavy (non-hydrogen) atoms. The van der Waals surface area contributed by atoms with Gasteiger partial charge in [-0.25, -0.2) is 0 Å². The lowest BCUT2D eigenvalue weighted by Crippen LogP contribution is -1.93. The SMILES string of the molecule is ON=C(CC=CCl)CC=CCl. The standard InChI is InChI=1S/C7H9Cl2NO/c8-5-1-3-7(10-11)4-2-6-9/h1-2,5-6,11H,3-4H2. The Morgan fingerprint density at radius 3 is 1.91 bits per heavy atom. The van der Waals surface area contributed by atoms with Crippen LogP contribution in [0.25, 0.3) is 0 Å². The van der Waals surface area contributed by atoms with Crippen molar-refractivity contribution in [3.63, 3.8) is 0 Å². The first-order valence-electron chi connectivity index (χ1n) is 3.05. The van der Waals surface area contributed by atoms with Crippen LogP contribution in [-0.2, 0) is 0 Å². The quantitative estimate of drug-likeness (QED) is 0.416. The van der Waals surface area contributed by atoms with E-state index in [0.717, 1.165) is 0 Å². The Labute approximate surface area is 75.8 Å². The number of hydrogen-bond donors (Lipinski definition) is 1. The second kappa shape index (κ2) is 7.63. The van der Waals surface area contributed by atoms with Gasteiger partial charge in [0.25, 0.3) is 0 Å². The topological polar surface area (TPSA) is 32.6 Å². The van der Waals surface area contributed by atoms with Crippen molar-refractivity contribution in [1.29, 1.82) is 0 Å². The molecule has 0 heterocycles. The van der Waals surface area contributed by atoms with Crippen molar-refractivity contribution < 1.29 is 5.21 Å². The minimum atomic E-state index is 0.543. The molecule has 0 amide bonds. The van der Waals surface area contributed by atoms with Gasteiger partial charge >= 0.3 is 0 Å². The van der Waals surface area contributed by atoms with Crippen molar-refractivity contribution in [2.45, 2.75) is 12.8 Å². The summed E-state index contributed by atoms with van der Waals surface area (Å²) in [5.74, 6) is 0. The molecule has 0 aliphatic carbocycles. The molecule has 1 N–H and O–H groups in total. The van der Waals surface area contributed by atoms with Gasteiger partial charge in [0, 0.05) is 23.9 Å². The Morgan fingerprint density at radius 2 is 1.64 bits per heavy atom. The lowest BCUT2D eigenvalue weighted by molar-refractivity contribution is 0.317. The molecule has 0 radical (unpaired) electrons. The maximum absolute atomic E-state index is 8.41. The van der Waals surface area contributed by atoms with Crippen molar-refractivity contribution in [3.05, 3.63) is 23.2 Å². The van der Waals surface area contributed by atoms with Gasteiger partial charge in [0.1, 0.15) is 0 Å². The summed E-state index contributed by atoms with van der Waals surface area (Å²) in [6.07, 6.45) is 4.47. The van der Waals surface area contributed by atoms with E-state index < -0.39 is 0 Å². The van der Waals surface area contributed by atoms with Gasteiger partial charge in [0.15, 0.2) is 0 Å². The molecule has 0 unspecified atom stereocenters. The molecule has 0 aliphatic rings. The fraction of sp³-hybridized carbons (Fsp3) is 0.286. The first-order valence-corrected chi connectivity index (χ1v) is 3.92. The zero-order valence-corrected chi connectivity index (χ0v) is 7.39. The number of allylic oxidation sites excluding steroid dienone is 2. The monoisotopic (exact) mass is 193 g/mol. The van der Waals surface area contributed by atoms with E-state index in [2.05, 4.69) is 5.16 Å². The molecule has 0 aliphatic heterocycles. The van der Waals surface area contributed by atoms with Crippen molar-refractivity contribution >= 4 is 28.9 Å². The number of oxime groups is 1. The van der Waals surface area contributed by atoms with E-state index in [9.17, 15) is 0 Å². The molecule has 0 aromatic carbocycles. The van der Waals surface area contributed by atoms with Gasteiger partial charge in [-0.1, -0.05) is 40.5 Å². The second-order valence-corrected chi connectivity index (χ2v) is 2.30. The summed E-state index contributed by atoms with van der Waals surface area (Å²) in [6, 6.07) is 0. The van der Waals surface area contributed by atoms with Crippen LogP contribution in [-0.4, -0.2) is 10.9 Å². The van der Waals surface area contributed by atoms with Crippen LogP contribution in [0.3, 0.4) is 0 Å². The molecule has 0 saturated carbocycles. The number of halogens is 2. The summed E-state index contributed by atoms with van der Waals surface area (Å²) < 4.78 is 0. The molecular weight excluding hydrogens is 185 g/mol. The van der Waals surface area contributed by atoms with Crippen molar-refractivity contribution in [3.8, 4) is 0 Å². The maximum atomic E-state index is 8.41. The van der Waals surface area contributed by atoms with Crippen LogP contribution in [0.2, 0.25) is 0 Å². The first-order chi connectivity index (χ1) is 5.35. The third kappa shape index (κ3) is 5.95. The predicted molar refractivity (Wildman–Crippen MR) is 48.4 cm³/mol. The van der Waals surface area contributed by atoms with Gasteiger partial charge in [-0.05, 0) is 0 Å². The Bertz CT molecular complexity index is 159. The van der Waals surface area contributed by atoms with E-state index >= 15 is 0 Å². The Kier molecular flexibility index (Phi) is 7.31. The minimum Gasteiger partial charge on any atom is -0.411 e. The summed E-state index contributed by atoms with van der Waals surface area (Å²) in [4.78, 5) is 0. The lowest BCUT2D eigenvalue weighted by atomic mass is 10.2. The van der Waals surface area contributed by atoms with Gasteiger partial charge in [-0.3, -0.25) is 0 Å². The fourth-order valence-electron chi connectivity index (χ4n) is 0.526. The maximum Gasteiger partial charge on any atom is 0.0646 e. The molecule has 2 nitrogen and oxygen atoms in total. The molecule has 62 valence electrons. The molecule has 4 heteroatoms. The van der Waals surface area contributed by atoms with E-state index in [0.29, 0.717) is 18.6 Å². The Hall–Kier alpha value is -0.470. The average Bonchev–Trinajstić information content (AvgIpc) is 2.05. The highest BCUT2D eigenvalue weighted by atomic mass is 35.5. The third-order valence-corrected chi connectivity index (χ3v) is 1.38. The predicted octanol–water partition coefficient (Wildman–Crippen LogP) is 3.10. The summed E-state index contributed by atoms with van der Waals surface area (Å²) in [5, 5.41) is 11.5. The van der Waals surface area contributed by atoms with Crippen molar-refractivity contribution in [1.82, 2.24) is 0 Å². The third-order valence-electron chi connectivity index (χ3n) is 1.03. The summed E-state index contributed by atoms with van der Waals surface area (Å²) in [5.41, 5.74) is 3.39. The molecule has 0 fully saturated rings. The van der Waals surface area contributed by atoms with Crippen molar-refractivity contribution in [2.24, 2.45) is 5.16 Å². The van der Waals surface area contributed by atoms with Gasteiger partial charge in [0.05, 0.1) is 5.71 Å². The van der Waals surface area contributed by atoms with Crippen LogP contribution in [0.1, 0.15) is 12.8 Å². The van der Waals surface area contributed by atoms with E-state index in [4.69, 9.17) is 28.4 Å². The fourth-order valence-corrected chi connectivity index (χ4v) is 0.704. The number of hydrogen-bond acceptors (Lipinski definition) is 2. The molecule has 0 rings (SSSR count). The largest absolute Gasteiger partial charge is 0.411 e. The zero-order valence-electron chi connectivity index (χ0n) is 5.87. The van der Waals surface area contributed by atoms with E-state index in [-0.39, 0.29) is 0 Å². The molecule has 0 atom stereocenters. The lowest BCUT2D eigenvalue weighted by Gasteiger charge is -1.93. The number of rotatable bonds is 4. The molecule has 0 bridgehead atoms. The molecule has 0 saturated heterocycles. The average molecular weight is 194 g/mol. The van der Waals surface area contributed by atoms with Crippen LogP contribution in [0.15, 0.2) is 28.4 Å². The van der Waals surface area contributed by atoms with E-state index in [1.807, 2.05) is 0 Å². The summed E-state index contributed by atoms with van der Waals surface area (Å²) >= 11 is 10.6. The Morgan fingerprint density at radius 1 is 1.18 bits per heavy atom. The van der Waals surface area contributed by atoms with Crippen LogP contribution < -0.4 is 0 Å². The molecule has 0 spiro atoms. The van der Waals surface area contributed by atoms with Gasteiger partial charge < -0.3 is 5.21 Å². The molecule has 0 aromatic rings. The van der Waals surface area contributed by atoms with Crippen LogP contribution in [0.4, 0.5) is 0 Å². The van der Waals surface area contributed by atoms with E-state index in [1.54, 1.807) is 12.2 Å². The van der Waals surface area contributed by atoms with Gasteiger partial charge in [-0.15, -0.1) is 0 Å². The second-order valence-electron chi connectivity index (χ2n) is 1.80. The summed E-state index contributed by atoms with van der Waals surface area (Å²) in [7, 11) is 0. The highest BCUT2D eigenvalue weighted by Crippen LogP contribution is 1.97. The van der Waals surface area contributed by atoms with Crippen LogP contribution in [0.5, 0.6) is 0 Å². The highest BCUT2D eigenvalue weighted by molar-refractivity contribution is 6.25. The van der Waals surface area contributed by atoms with E-state index in [1.165, 1.54) is 11.1 Å². The normalized spacial score (nSPS) is 11.1. The number of nitrogens with zero attached hydrogens (tertiary/aromatic N) is 1. The smallest absolute Gasteiger partial charge is 0.0646 e. The zero-order chi connectivity index (χ0) is 8.53. The highest BCUT2D eigenvalue weighted by Gasteiger charge is 1.92. The van der Waals surface area contributed by atoms with Crippen LogP contribution in [0, 0.1) is 0 Å². The molecular formula is C7H9Cl2NO.